The fourth-order valence-electron chi connectivity index (χ4n) is 2.67. The minimum Gasteiger partial charge on any atom is -0.309 e. The molecular formula is C17H17N3. The van der Waals surface area contributed by atoms with Crippen LogP contribution in [-0.2, 0) is 0 Å². The maximum absolute atomic E-state index is 4.40. The predicted molar refractivity (Wildman–Crippen MR) is 81.6 cm³/mol. The summed E-state index contributed by atoms with van der Waals surface area (Å²) in [4.78, 5) is 8.66. The van der Waals surface area contributed by atoms with Gasteiger partial charge in [-0.3, -0.25) is 9.97 Å². The highest BCUT2D eigenvalue weighted by Gasteiger charge is 2.16. The van der Waals surface area contributed by atoms with Crippen LogP contribution in [0.15, 0.2) is 55.0 Å². The van der Waals surface area contributed by atoms with E-state index in [1.165, 1.54) is 21.9 Å². The van der Waals surface area contributed by atoms with E-state index in [0.717, 1.165) is 5.69 Å². The van der Waals surface area contributed by atoms with Crippen molar-refractivity contribution in [1.82, 2.24) is 15.3 Å². The molecule has 3 aromatic rings. The molecule has 0 spiro atoms. The largest absolute Gasteiger partial charge is 0.309 e. The molecular weight excluding hydrogens is 246 g/mol. The average Bonchev–Trinajstić information content (AvgIpc) is 2.50. The predicted octanol–water partition coefficient (Wildman–Crippen LogP) is 3.25. The van der Waals surface area contributed by atoms with E-state index in [2.05, 4.69) is 39.6 Å². The van der Waals surface area contributed by atoms with Crippen LogP contribution in [0.3, 0.4) is 0 Å². The van der Waals surface area contributed by atoms with Crippen LogP contribution in [0.5, 0.6) is 0 Å². The number of benzene rings is 1. The fourth-order valence-corrected chi connectivity index (χ4v) is 2.67. The molecule has 0 aliphatic rings. The smallest absolute Gasteiger partial charge is 0.0598 e. The lowest BCUT2D eigenvalue weighted by molar-refractivity contribution is 0.687. The average molecular weight is 263 g/mol. The summed E-state index contributed by atoms with van der Waals surface area (Å²) in [6, 6.07) is 12.6. The van der Waals surface area contributed by atoms with Gasteiger partial charge in [0.2, 0.25) is 0 Å². The summed E-state index contributed by atoms with van der Waals surface area (Å²) in [7, 11) is 1.98. The lowest BCUT2D eigenvalue weighted by Gasteiger charge is -2.20. The van der Waals surface area contributed by atoms with Crippen molar-refractivity contribution in [1.29, 1.82) is 0 Å². The maximum Gasteiger partial charge on any atom is 0.0598 e. The summed E-state index contributed by atoms with van der Waals surface area (Å²) in [5, 5.41) is 5.79. The highest BCUT2D eigenvalue weighted by Crippen LogP contribution is 2.29. The van der Waals surface area contributed by atoms with Gasteiger partial charge in [-0.05, 0) is 42.6 Å². The van der Waals surface area contributed by atoms with Crippen LogP contribution < -0.4 is 5.32 Å². The molecule has 0 amide bonds. The molecule has 3 nitrogen and oxygen atoms in total. The van der Waals surface area contributed by atoms with Gasteiger partial charge in [0.1, 0.15) is 0 Å². The van der Waals surface area contributed by atoms with Crippen molar-refractivity contribution in [2.24, 2.45) is 0 Å². The number of fused-ring (bicyclic) bond motifs is 1. The van der Waals surface area contributed by atoms with Crippen LogP contribution in [0.4, 0.5) is 0 Å². The van der Waals surface area contributed by atoms with E-state index < -0.39 is 0 Å². The Morgan fingerprint density at radius 3 is 2.65 bits per heavy atom. The van der Waals surface area contributed by atoms with Crippen molar-refractivity contribution >= 4 is 10.8 Å². The van der Waals surface area contributed by atoms with Gasteiger partial charge in [-0.25, -0.2) is 0 Å². The normalized spacial score (nSPS) is 12.5. The van der Waals surface area contributed by atoms with Gasteiger partial charge in [-0.2, -0.15) is 0 Å². The van der Waals surface area contributed by atoms with E-state index in [0.29, 0.717) is 0 Å². The van der Waals surface area contributed by atoms with Crippen LogP contribution in [0.25, 0.3) is 10.8 Å². The molecule has 1 aromatic carbocycles. The van der Waals surface area contributed by atoms with E-state index in [-0.39, 0.29) is 6.04 Å². The summed E-state index contributed by atoms with van der Waals surface area (Å²) in [6.45, 7) is 2.04. The number of hydrogen-bond acceptors (Lipinski definition) is 3. The van der Waals surface area contributed by atoms with Crippen molar-refractivity contribution in [3.63, 3.8) is 0 Å². The number of nitrogens with zero attached hydrogens (tertiary/aromatic N) is 2. The zero-order valence-corrected chi connectivity index (χ0v) is 11.7. The van der Waals surface area contributed by atoms with Gasteiger partial charge in [0.15, 0.2) is 0 Å². The first-order valence-corrected chi connectivity index (χ1v) is 6.72. The number of rotatable bonds is 3. The molecule has 3 heteroatoms. The first-order chi connectivity index (χ1) is 9.81. The SMILES string of the molecule is CNC(c1cccnc1C)c1cccc2ccncc12. The second-order valence-electron chi connectivity index (χ2n) is 4.84. The van der Waals surface area contributed by atoms with Crippen molar-refractivity contribution < 1.29 is 0 Å². The number of aryl methyl sites for hydroxylation is 1. The van der Waals surface area contributed by atoms with Gasteiger partial charge in [0, 0.05) is 29.7 Å². The topological polar surface area (TPSA) is 37.8 Å². The molecule has 100 valence electrons. The van der Waals surface area contributed by atoms with Gasteiger partial charge < -0.3 is 5.32 Å². The van der Waals surface area contributed by atoms with E-state index >= 15 is 0 Å². The van der Waals surface area contributed by atoms with Crippen molar-refractivity contribution in [2.45, 2.75) is 13.0 Å². The Hall–Kier alpha value is -2.26. The van der Waals surface area contributed by atoms with Gasteiger partial charge in [-0.15, -0.1) is 0 Å². The Labute approximate surface area is 118 Å². The van der Waals surface area contributed by atoms with Gasteiger partial charge in [0.05, 0.1) is 6.04 Å². The summed E-state index contributed by atoms with van der Waals surface area (Å²) < 4.78 is 0. The van der Waals surface area contributed by atoms with Crippen LogP contribution in [0.2, 0.25) is 0 Å². The number of pyridine rings is 2. The number of aromatic nitrogens is 2. The minimum absolute atomic E-state index is 0.122. The second kappa shape index (κ2) is 5.39. The first kappa shape index (κ1) is 12.8. The number of hydrogen-bond donors (Lipinski definition) is 1. The standard InChI is InChI=1S/C17H17N3/c1-12-14(7-4-9-20-12)17(18-2)15-6-3-5-13-8-10-19-11-16(13)15/h3-11,17-18H,1-2H3. The lowest BCUT2D eigenvalue weighted by Crippen LogP contribution is -2.19. The van der Waals surface area contributed by atoms with E-state index in [1.54, 1.807) is 0 Å². The highest BCUT2D eigenvalue weighted by atomic mass is 14.9. The molecule has 0 fully saturated rings. The lowest BCUT2D eigenvalue weighted by atomic mass is 9.94. The Morgan fingerprint density at radius 1 is 1.00 bits per heavy atom. The van der Waals surface area contributed by atoms with Gasteiger partial charge in [0.25, 0.3) is 0 Å². The van der Waals surface area contributed by atoms with E-state index in [9.17, 15) is 0 Å². The summed E-state index contributed by atoms with van der Waals surface area (Å²) >= 11 is 0. The Balaban J connectivity index is 2.20. The molecule has 1 atom stereocenters. The molecule has 20 heavy (non-hydrogen) atoms. The third kappa shape index (κ3) is 2.17. The molecule has 0 saturated carbocycles. The van der Waals surface area contributed by atoms with E-state index in [1.807, 2.05) is 44.7 Å². The van der Waals surface area contributed by atoms with Crippen molar-refractivity contribution in [3.05, 3.63) is 71.8 Å². The summed E-state index contributed by atoms with van der Waals surface area (Å²) in [6.07, 6.45) is 5.59. The summed E-state index contributed by atoms with van der Waals surface area (Å²) in [5.74, 6) is 0. The van der Waals surface area contributed by atoms with Crippen LogP contribution in [0.1, 0.15) is 22.9 Å². The molecule has 2 aromatic heterocycles. The van der Waals surface area contributed by atoms with Crippen LogP contribution in [-0.4, -0.2) is 17.0 Å². The molecule has 1 N–H and O–H groups in total. The van der Waals surface area contributed by atoms with Crippen molar-refractivity contribution in [2.75, 3.05) is 7.05 Å². The van der Waals surface area contributed by atoms with Gasteiger partial charge in [-0.1, -0.05) is 24.3 Å². The summed E-state index contributed by atoms with van der Waals surface area (Å²) in [5.41, 5.74) is 3.48. The quantitative estimate of drug-likeness (QED) is 0.788. The fraction of sp³-hybridized carbons (Fsp3) is 0.176. The minimum atomic E-state index is 0.122. The highest BCUT2D eigenvalue weighted by molar-refractivity contribution is 5.85. The van der Waals surface area contributed by atoms with Crippen molar-refractivity contribution in [3.8, 4) is 0 Å². The van der Waals surface area contributed by atoms with Gasteiger partial charge >= 0.3 is 0 Å². The zero-order chi connectivity index (χ0) is 13.9. The Bertz CT molecular complexity index is 732. The third-order valence-electron chi connectivity index (χ3n) is 3.68. The molecule has 2 heterocycles. The van der Waals surface area contributed by atoms with E-state index in [4.69, 9.17) is 0 Å². The molecule has 0 aliphatic heterocycles. The second-order valence-corrected chi connectivity index (χ2v) is 4.84. The van der Waals surface area contributed by atoms with Crippen LogP contribution in [0, 0.1) is 6.92 Å². The third-order valence-corrected chi connectivity index (χ3v) is 3.68. The van der Waals surface area contributed by atoms with Crippen LogP contribution >= 0.6 is 0 Å². The molecule has 0 saturated heterocycles. The Morgan fingerprint density at radius 2 is 1.85 bits per heavy atom. The molecule has 3 rings (SSSR count). The Kier molecular flexibility index (Phi) is 3.44. The molecule has 1 unspecified atom stereocenters. The zero-order valence-electron chi connectivity index (χ0n) is 11.7. The molecule has 0 aliphatic carbocycles. The number of nitrogens with one attached hydrogen (secondary N) is 1. The first-order valence-electron chi connectivity index (χ1n) is 6.72. The maximum atomic E-state index is 4.40. The monoisotopic (exact) mass is 263 g/mol. The molecule has 0 radical (unpaired) electrons. The molecule has 0 bridgehead atoms.